The highest BCUT2D eigenvalue weighted by atomic mass is 16.2. The number of likely N-dealkylation sites (tertiary alicyclic amines) is 1. The summed E-state index contributed by atoms with van der Waals surface area (Å²) < 4.78 is 0. The fourth-order valence-corrected chi connectivity index (χ4v) is 5.53. The van der Waals surface area contributed by atoms with E-state index in [1.807, 2.05) is 29.2 Å². The lowest BCUT2D eigenvalue weighted by Gasteiger charge is -2.39. The minimum atomic E-state index is -0.215. The van der Waals surface area contributed by atoms with E-state index in [1.165, 1.54) is 31.2 Å². The lowest BCUT2D eigenvalue weighted by molar-refractivity contribution is -0.120. The molecule has 0 spiro atoms. The number of piperidine rings is 1. The summed E-state index contributed by atoms with van der Waals surface area (Å²) in [6, 6.07) is 19.4. The number of fused-ring (bicyclic) bond motifs is 1. The first-order chi connectivity index (χ1) is 15.6. The zero-order valence-corrected chi connectivity index (χ0v) is 19.5. The summed E-state index contributed by atoms with van der Waals surface area (Å²) in [5.74, 6) is -0.0506. The number of carbonyl (C=O) groups excluding carboxylic acids is 1. The molecule has 0 N–H and O–H groups in total. The van der Waals surface area contributed by atoms with Gasteiger partial charge in [-0.15, -0.1) is 0 Å². The molecule has 0 saturated carbocycles. The first-order valence-corrected chi connectivity index (χ1v) is 12.2. The van der Waals surface area contributed by atoms with Gasteiger partial charge in [-0.25, -0.2) is 0 Å². The molecule has 2 aliphatic heterocycles. The quantitative estimate of drug-likeness (QED) is 0.533. The lowest BCUT2D eigenvalue weighted by Crippen LogP contribution is -2.44. The summed E-state index contributed by atoms with van der Waals surface area (Å²) in [6.45, 7) is 6.65. The summed E-state index contributed by atoms with van der Waals surface area (Å²) in [5.41, 5.74) is 3.84. The van der Waals surface area contributed by atoms with Crippen LogP contribution in [0.15, 0.2) is 48.5 Å². The number of nitrogens with zero attached hydrogens (tertiary/aromatic N) is 3. The summed E-state index contributed by atoms with van der Waals surface area (Å²) in [4.78, 5) is 18.2. The largest absolute Gasteiger partial charge is 0.312 e. The minimum Gasteiger partial charge on any atom is -0.312 e. The van der Waals surface area contributed by atoms with Crippen LogP contribution in [0, 0.1) is 11.3 Å². The van der Waals surface area contributed by atoms with Crippen molar-refractivity contribution in [3.05, 3.63) is 65.2 Å². The van der Waals surface area contributed by atoms with Crippen molar-refractivity contribution in [1.29, 1.82) is 5.26 Å². The Bertz CT molecular complexity index is 969. The van der Waals surface area contributed by atoms with Gasteiger partial charge in [-0.1, -0.05) is 43.2 Å². The minimum absolute atomic E-state index is 0.164. The molecule has 0 radical (unpaired) electrons. The Morgan fingerprint density at radius 3 is 2.50 bits per heavy atom. The Morgan fingerprint density at radius 2 is 1.72 bits per heavy atom. The van der Waals surface area contributed by atoms with E-state index < -0.39 is 0 Å². The number of unbranched alkanes of at least 4 members (excludes halogenated alkanes) is 2. The smallest absolute Gasteiger partial charge is 0.234 e. The number of hydrogen-bond donors (Lipinski definition) is 0. The van der Waals surface area contributed by atoms with Crippen LogP contribution in [0.5, 0.6) is 0 Å². The van der Waals surface area contributed by atoms with Crippen molar-refractivity contribution in [3.8, 4) is 6.07 Å². The molecule has 168 valence electrons. The fourth-order valence-electron chi connectivity index (χ4n) is 5.53. The number of nitriles is 1. The third kappa shape index (κ3) is 4.89. The number of benzene rings is 2. The van der Waals surface area contributed by atoms with Gasteiger partial charge in [0.1, 0.15) is 0 Å². The normalized spacial score (nSPS) is 23.6. The molecule has 4 heteroatoms. The SMILES string of the molecule is C[C@@H]1CCC[C@H](C)N1CCCCCN1C(=O)C(c2cccc(C#N)c2)Cc2ccccc21. The molecule has 4 nitrogen and oxygen atoms in total. The predicted molar refractivity (Wildman–Crippen MR) is 130 cm³/mol. The first kappa shape index (κ1) is 22.6. The van der Waals surface area contributed by atoms with Crippen LogP contribution in [0.1, 0.15) is 75.0 Å². The Kier molecular flexibility index (Phi) is 7.27. The number of anilines is 1. The average molecular weight is 430 g/mol. The zero-order valence-electron chi connectivity index (χ0n) is 19.5. The van der Waals surface area contributed by atoms with E-state index in [-0.39, 0.29) is 11.8 Å². The summed E-state index contributed by atoms with van der Waals surface area (Å²) in [7, 11) is 0. The Balaban J connectivity index is 1.40. The van der Waals surface area contributed by atoms with Gasteiger partial charge in [0.05, 0.1) is 17.6 Å². The average Bonchev–Trinajstić information content (AvgIpc) is 2.81. The molecule has 4 rings (SSSR count). The molecule has 0 bridgehead atoms. The molecular formula is C28H35N3O. The molecule has 1 amide bonds. The molecule has 1 unspecified atom stereocenters. The van der Waals surface area contributed by atoms with Crippen LogP contribution in [-0.2, 0) is 11.2 Å². The van der Waals surface area contributed by atoms with Gasteiger partial charge in [0, 0.05) is 24.3 Å². The third-order valence-corrected chi connectivity index (χ3v) is 7.36. The first-order valence-electron chi connectivity index (χ1n) is 12.2. The molecule has 2 aromatic rings. The molecule has 1 fully saturated rings. The third-order valence-electron chi connectivity index (χ3n) is 7.36. The Hall–Kier alpha value is -2.64. The van der Waals surface area contributed by atoms with Crippen LogP contribution in [0.2, 0.25) is 0 Å². The Labute approximate surface area is 192 Å². The molecular weight excluding hydrogens is 394 g/mol. The van der Waals surface area contributed by atoms with E-state index in [0.717, 1.165) is 37.2 Å². The van der Waals surface area contributed by atoms with Crippen LogP contribution in [-0.4, -0.2) is 36.0 Å². The van der Waals surface area contributed by atoms with E-state index in [9.17, 15) is 10.1 Å². The molecule has 2 aliphatic rings. The van der Waals surface area contributed by atoms with Crippen LogP contribution in [0.3, 0.4) is 0 Å². The molecule has 0 aromatic heterocycles. The monoisotopic (exact) mass is 429 g/mol. The van der Waals surface area contributed by atoms with Gasteiger partial charge in [-0.2, -0.15) is 5.26 Å². The highest BCUT2D eigenvalue weighted by Gasteiger charge is 2.33. The van der Waals surface area contributed by atoms with Gasteiger partial charge >= 0.3 is 0 Å². The molecule has 1 saturated heterocycles. The van der Waals surface area contributed by atoms with Gasteiger partial charge in [0.25, 0.3) is 0 Å². The predicted octanol–water partition coefficient (Wildman–Crippen LogP) is 5.66. The number of hydrogen-bond acceptors (Lipinski definition) is 3. The number of carbonyl (C=O) groups is 1. The van der Waals surface area contributed by atoms with Crippen molar-refractivity contribution in [3.63, 3.8) is 0 Å². The van der Waals surface area contributed by atoms with Crippen LogP contribution >= 0.6 is 0 Å². The molecule has 3 atom stereocenters. The van der Waals surface area contributed by atoms with Crippen molar-refractivity contribution >= 4 is 11.6 Å². The standard InChI is InChI=1S/C28H35N3O/c1-21-10-8-11-22(2)30(21)16-6-3-7-17-31-27-15-5-4-13-25(27)19-26(28(31)32)24-14-9-12-23(18-24)20-29/h4-5,9,12-15,18,21-22,26H,3,6-8,10-11,16-17,19H2,1-2H3/t21-,22+,26?. The van der Waals surface area contributed by atoms with E-state index in [1.54, 1.807) is 6.07 Å². The number of para-hydroxylation sites is 1. The van der Waals surface area contributed by atoms with Gasteiger partial charge in [-0.05, 0) is 81.8 Å². The van der Waals surface area contributed by atoms with Crippen LogP contribution < -0.4 is 4.90 Å². The highest BCUT2D eigenvalue weighted by Crippen LogP contribution is 2.36. The summed E-state index contributed by atoms with van der Waals surface area (Å²) >= 11 is 0. The van der Waals surface area contributed by atoms with Gasteiger partial charge in [0.2, 0.25) is 5.91 Å². The maximum absolute atomic E-state index is 13.5. The Morgan fingerprint density at radius 1 is 0.969 bits per heavy atom. The summed E-state index contributed by atoms with van der Waals surface area (Å²) in [6.07, 6.45) is 8.03. The van der Waals surface area contributed by atoms with E-state index in [0.29, 0.717) is 24.1 Å². The number of amides is 1. The van der Waals surface area contributed by atoms with Crippen molar-refractivity contribution in [2.24, 2.45) is 0 Å². The van der Waals surface area contributed by atoms with Crippen molar-refractivity contribution < 1.29 is 4.79 Å². The second-order valence-electron chi connectivity index (χ2n) is 9.54. The topological polar surface area (TPSA) is 47.3 Å². The van der Waals surface area contributed by atoms with E-state index >= 15 is 0 Å². The molecule has 0 aliphatic carbocycles. The van der Waals surface area contributed by atoms with Crippen molar-refractivity contribution in [2.75, 3.05) is 18.0 Å². The van der Waals surface area contributed by atoms with Crippen molar-refractivity contribution in [1.82, 2.24) is 4.90 Å². The summed E-state index contributed by atoms with van der Waals surface area (Å²) in [5, 5.41) is 9.28. The van der Waals surface area contributed by atoms with Gasteiger partial charge in [0.15, 0.2) is 0 Å². The number of rotatable bonds is 7. The van der Waals surface area contributed by atoms with E-state index in [4.69, 9.17) is 0 Å². The van der Waals surface area contributed by atoms with Crippen molar-refractivity contribution in [2.45, 2.75) is 76.8 Å². The van der Waals surface area contributed by atoms with Crippen LogP contribution in [0.25, 0.3) is 0 Å². The zero-order chi connectivity index (χ0) is 22.5. The highest BCUT2D eigenvalue weighted by molar-refractivity contribution is 6.01. The second kappa shape index (κ2) is 10.3. The maximum atomic E-state index is 13.5. The molecule has 32 heavy (non-hydrogen) atoms. The van der Waals surface area contributed by atoms with Gasteiger partial charge < -0.3 is 4.90 Å². The maximum Gasteiger partial charge on any atom is 0.234 e. The lowest BCUT2D eigenvalue weighted by atomic mass is 9.85. The molecule has 2 aromatic carbocycles. The van der Waals surface area contributed by atoms with E-state index in [2.05, 4.69) is 43.0 Å². The molecule has 2 heterocycles. The van der Waals surface area contributed by atoms with Crippen LogP contribution in [0.4, 0.5) is 5.69 Å². The van der Waals surface area contributed by atoms with Gasteiger partial charge in [-0.3, -0.25) is 9.69 Å². The fraction of sp³-hybridized carbons (Fsp3) is 0.500. The second-order valence-corrected chi connectivity index (χ2v) is 9.54.